The first kappa shape index (κ1) is 15.2. The van der Waals surface area contributed by atoms with Gasteiger partial charge in [0.25, 0.3) is 0 Å². The van der Waals surface area contributed by atoms with E-state index in [1.54, 1.807) is 6.07 Å². The summed E-state index contributed by atoms with van der Waals surface area (Å²) in [7, 11) is 0. The van der Waals surface area contributed by atoms with Gasteiger partial charge in [-0.2, -0.15) is 0 Å². The second-order valence-electron chi connectivity index (χ2n) is 4.77. The molecule has 1 unspecified atom stereocenters. The smallest absolute Gasteiger partial charge is 0.129 e. The van der Waals surface area contributed by atoms with Crippen LogP contribution in [0, 0.1) is 11.7 Å². The van der Waals surface area contributed by atoms with E-state index in [0.717, 1.165) is 32.6 Å². The van der Waals surface area contributed by atoms with E-state index in [0.29, 0.717) is 21.0 Å². The highest BCUT2D eigenvalue weighted by Gasteiger charge is 2.27. The first-order chi connectivity index (χ1) is 9.13. The lowest BCUT2D eigenvalue weighted by molar-refractivity contribution is 0.0533. The molecule has 1 fully saturated rings. The van der Waals surface area contributed by atoms with Crippen LogP contribution in [-0.4, -0.2) is 19.8 Å². The third kappa shape index (κ3) is 3.69. The summed E-state index contributed by atoms with van der Waals surface area (Å²) in [6.07, 6.45) is 1.90. The summed E-state index contributed by atoms with van der Waals surface area (Å²) in [4.78, 5) is 0. The van der Waals surface area contributed by atoms with Crippen molar-refractivity contribution in [3.63, 3.8) is 0 Å². The van der Waals surface area contributed by atoms with Crippen LogP contribution in [-0.2, 0) is 4.74 Å². The van der Waals surface area contributed by atoms with Gasteiger partial charge in [-0.05, 0) is 53.4 Å². The lowest BCUT2D eigenvalue weighted by Crippen LogP contribution is -2.32. The minimum absolute atomic E-state index is 0.000463. The van der Waals surface area contributed by atoms with Crippen LogP contribution in [0.4, 0.5) is 4.39 Å². The minimum Gasteiger partial charge on any atom is -0.381 e. The minimum atomic E-state index is -0.214. The molecule has 0 bridgehead atoms. The Kier molecular flexibility index (Phi) is 5.63. The Morgan fingerprint density at radius 3 is 2.79 bits per heavy atom. The molecule has 0 saturated carbocycles. The zero-order valence-corrected chi connectivity index (χ0v) is 13.2. The highest BCUT2D eigenvalue weighted by atomic mass is 79.9. The van der Waals surface area contributed by atoms with Gasteiger partial charge in [0.2, 0.25) is 0 Å². The molecule has 1 aromatic carbocycles. The number of hydrogen-bond acceptors (Lipinski definition) is 2. The van der Waals surface area contributed by atoms with Gasteiger partial charge in [-0.3, -0.25) is 0 Å². The first-order valence-corrected chi connectivity index (χ1v) is 7.76. The third-order valence-corrected chi connectivity index (χ3v) is 4.73. The summed E-state index contributed by atoms with van der Waals surface area (Å²) >= 11 is 9.35. The maximum Gasteiger partial charge on any atom is 0.129 e. The van der Waals surface area contributed by atoms with Crippen molar-refractivity contribution in [3.8, 4) is 0 Å². The normalized spacial score (nSPS) is 18.5. The van der Waals surface area contributed by atoms with E-state index in [2.05, 4.69) is 21.2 Å². The Labute approximate surface area is 126 Å². The average molecular weight is 351 g/mol. The van der Waals surface area contributed by atoms with Crippen molar-refractivity contribution >= 4 is 27.5 Å². The van der Waals surface area contributed by atoms with Crippen LogP contribution in [0.5, 0.6) is 0 Å². The fourth-order valence-electron chi connectivity index (χ4n) is 2.58. The van der Waals surface area contributed by atoms with E-state index in [4.69, 9.17) is 16.3 Å². The van der Waals surface area contributed by atoms with Crippen LogP contribution in [0.2, 0.25) is 5.02 Å². The Morgan fingerprint density at radius 2 is 2.16 bits per heavy atom. The molecular weight excluding hydrogens is 333 g/mol. The van der Waals surface area contributed by atoms with Crippen molar-refractivity contribution in [2.24, 2.45) is 5.92 Å². The van der Waals surface area contributed by atoms with Crippen LogP contribution in [0.25, 0.3) is 0 Å². The van der Waals surface area contributed by atoms with Crippen LogP contribution >= 0.6 is 27.5 Å². The molecule has 0 radical (unpaired) electrons. The molecule has 0 amide bonds. The van der Waals surface area contributed by atoms with E-state index in [9.17, 15) is 4.39 Å². The maximum absolute atomic E-state index is 14.2. The molecule has 106 valence electrons. The molecule has 0 spiro atoms. The van der Waals surface area contributed by atoms with Gasteiger partial charge < -0.3 is 10.1 Å². The van der Waals surface area contributed by atoms with Crippen molar-refractivity contribution in [1.82, 2.24) is 5.32 Å². The Bertz CT molecular complexity index is 438. The third-order valence-electron chi connectivity index (χ3n) is 3.54. The van der Waals surface area contributed by atoms with Crippen molar-refractivity contribution in [2.75, 3.05) is 19.8 Å². The van der Waals surface area contributed by atoms with Crippen molar-refractivity contribution < 1.29 is 9.13 Å². The number of rotatable bonds is 4. The molecular formula is C14H18BrClFNO. The topological polar surface area (TPSA) is 21.3 Å². The molecule has 1 aromatic rings. The van der Waals surface area contributed by atoms with Crippen molar-refractivity contribution in [3.05, 3.63) is 33.0 Å². The summed E-state index contributed by atoms with van der Waals surface area (Å²) in [6, 6.07) is 3.17. The maximum atomic E-state index is 14.2. The molecule has 1 atom stereocenters. The second kappa shape index (κ2) is 7.02. The zero-order valence-electron chi connectivity index (χ0n) is 10.9. The molecule has 2 rings (SSSR count). The summed E-state index contributed by atoms with van der Waals surface area (Å²) in [5, 5.41) is 3.93. The van der Waals surface area contributed by atoms with Gasteiger partial charge >= 0.3 is 0 Å². The van der Waals surface area contributed by atoms with E-state index in [1.165, 1.54) is 6.07 Å². The summed E-state index contributed by atoms with van der Waals surface area (Å²) < 4.78 is 20.2. The molecule has 5 heteroatoms. The quantitative estimate of drug-likeness (QED) is 0.817. The Morgan fingerprint density at radius 1 is 1.47 bits per heavy atom. The second-order valence-corrected chi connectivity index (χ2v) is 6.03. The molecule has 1 aliphatic rings. The molecule has 1 aliphatic heterocycles. The molecule has 1 saturated heterocycles. The number of benzene rings is 1. The number of nitrogens with one attached hydrogen (secondary N) is 1. The molecule has 1 N–H and O–H groups in total. The van der Waals surface area contributed by atoms with Crippen molar-refractivity contribution in [2.45, 2.75) is 25.8 Å². The lowest BCUT2D eigenvalue weighted by atomic mass is 9.87. The Balaban J connectivity index is 2.29. The van der Waals surface area contributed by atoms with Crippen LogP contribution < -0.4 is 5.32 Å². The van der Waals surface area contributed by atoms with Gasteiger partial charge in [0.1, 0.15) is 5.82 Å². The molecule has 19 heavy (non-hydrogen) atoms. The van der Waals surface area contributed by atoms with Crippen LogP contribution in [0.3, 0.4) is 0 Å². The molecule has 1 heterocycles. The summed E-state index contributed by atoms with van der Waals surface area (Å²) in [6.45, 7) is 4.33. The molecule has 0 aliphatic carbocycles. The van der Waals surface area contributed by atoms with Gasteiger partial charge in [0, 0.05) is 29.3 Å². The van der Waals surface area contributed by atoms with Gasteiger partial charge in [-0.25, -0.2) is 4.39 Å². The number of hydrogen-bond donors (Lipinski definition) is 1. The average Bonchev–Trinajstić information content (AvgIpc) is 2.42. The monoisotopic (exact) mass is 349 g/mol. The Hall–Kier alpha value is -0.160. The van der Waals surface area contributed by atoms with E-state index < -0.39 is 0 Å². The standard InChI is InChI=1S/C14H18BrClFNO/c1-2-18-14(9-3-5-19-6-4-9)10-7-12(16)11(15)8-13(10)17/h7-9,14,18H,2-6H2,1H3. The fourth-order valence-corrected chi connectivity index (χ4v) is 3.06. The van der Waals surface area contributed by atoms with Gasteiger partial charge in [-0.1, -0.05) is 18.5 Å². The largest absolute Gasteiger partial charge is 0.381 e. The highest BCUT2D eigenvalue weighted by molar-refractivity contribution is 9.10. The lowest BCUT2D eigenvalue weighted by Gasteiger charge is -2.31. The SMILES string of the molecule is CCNC(c1cc(Cl)c(Br)cc1F)C1CCOCC1. The number of halogens is 3. The summed E-state index contributed by atoms with van der Waals surface area (Å²) in [5.74, 6) is 0.175. The molecule has 2 nitrogen and oxygen atoms in total. The predicted molar refractivity (Wildman–Crippen MR) is 79.1 cm³/mol. The predicted octanol–water partition coefficient (Wildman–Crippen LogP) is 4.32. The van der Waals surface area contributed by atoms with E-state index in [1.807, 2.05) is 6.92 Å². The van der Waals surface area contributed by atoms with Crippen molar-refractivity contribution in [1.29, 1.82) is 0 Å². The zero-order chi connectivity index (χ0) is 13.8. The number of ether oxygens (including phenoxy) is 1. The van der Waals surface area contributed by atoms with Gasteiger partial charge in [0.05, 0.1) is 5.02 Å². The van der Waals surface area contributed by atoms with Crippen LogP contribution in [0.15, 0.2) is 16.6 Å². The molecule has 0 aromatic heterocycles. The van der Waals surface area contributed by atoms with Crippen LogP contribution in [0.1, 0.15) is 31.4 Å². The van der Waals surface area contributed by atoms with E-state index >= 15 is 0 Å². The van der Waals surface area contributed by atoms with Gasteiger partial charge in [0.15, 0.2) is 0 Å². The highest BCUT2D eigenvalue weighted by Crippen LogP contribution is 2.35. The summed E-state index contributed by atoms with van der Waals surface area (Å²) in [5.41, 5.74) is 0.655. The van der Waals surface area contributed by atoms with Gasteiger partial charge in [-0.15, -0.1) is 0 Å². The fraction of sp³-hybridized carbons (Fsp3) is 0.571. The van der Waals surface area contributed by atoms with E-state index in [-0.39, 0.29) is 11.9 Å². The first-order valence-electron chi connectivity index (χ1n) is 6.59.